The van der Waals surface area contributed by atoms with E-state index in [2.05, 4.69) is 15.5 Å². The molecule has 1 aliphatic heterocycles. The van der Waals surface area contributed by atoms with E-state index in [1.165, 1.54) is 34.8 Å². The average Bonchev–Trinajstić information content (AvgIpc) is 3.40. The molecule has 1 saturated heterocycles. The highest BCUT2D eigenvalue weighted by Gasteiger charge is 2.44. The molecule has 13 heteroatoms. The predicted molar refractivity (Wildman–Crippen MR) is 192 cm³/mol. The van der Waals surface area contributed by atoms with Gasteiger partial charge in [-0.15, -0.1) is 0 Å². The van der Waals surface area contributed by atoms with Gasteiger partial charge in [0.1, 0.15) is 6.04 Å². The number of carbonyl (C=O) groups is 2. The summed E-state index contributed by atoms with van der Waals surface area (Å²) in [6.45, 7) is 12.4. The summed E-state index contributed by atoms with van der Waals surface area (Å²) < 4.78 is 29.0. The SMILES string of the molecule is Cc1ccc(CN2CCN([C@H](C(=O)N[C@@H](Cc3ccccc3)[C@H](O)CN(CC(C)C)S(=O)(=O)c3ccc(C=NO)cc3)C(C)(C)C)C2=O)cn1. The number of aromatic nitrogens is 1. The Kier molecular flexibility index (Phi) is 12.8. The van der Waals surface area contributed by atoms with Crippen molar-refractivity contribution in [3.8, 4) is 0 Å². The van der Waals surface area contributed by atoms with Gasteiger partial charge in [0.25, 0.3) is 0 Å². The van der Waals surface area contributed by atoms with Crippen molar-refractivity contribution in [1.82, 2.24) is 24.4 Å². The van der Waals surface area contributed by atoms with Crippen LogP contribution in [-0.2, 0) is 27.8 Å². The lowest BCUT2D eigenvalue weighted by atomic mass is 9.84. The van der Waals surface area contributed by atoms with Gasteiger partial charge >= 0.3 is 6.03 Å². The first-order chi connectivity index (χ1) is 23.6. The minimum absolute atomic E-state index is 0.0235. The maximum absolute atomic E-state index is 14.3. The number of rotatable bonds is 15. The van der Waals surface area contributed by atoms with Crippen LogP contribution >= 0.6 is 0 Å². The van der Waals surface area contributed by atoms with Crippen molar-refractivity contribution in [2.45, 2.75) is 77.6 Å². The van der Waals surface area contributed by atoms with E-state index >= 15 is 0 Å². The Hall–Kier alpha value is -4.33. The summed E-state index contributed by atoms with van der Waals surface area (Å²) >= 11 is 0. The Bertz CT molecular complexity index is 1710. The van der Waals surface area contributed by atoms with Crippen LogP contribution in [0.1, 0.15) is 57.0 Å². The third-order valence-electron chi connectivity index (χ3n) is 8.63. The summed E-state index contributed by atoms with van der Waals surface area (Å²) in [6.07, 6.45) is 1.88. The van der Waals surface area contributed by atoms with Gasteiger partial charge in [-0.05, 0) is 59.6 Å². The van der Waals surface area contributed by atoms with Crippen LogP contribution in [0.2, 0.25) is 0 Å². The van der Waals surface area contributed by atoms with Crippen LogP contribution in [0.5, 0.6) is 0 Å². The quantitative estimate of drug-likeness (QED) is 0.121. The molecule has 0 radical (unpaired) electrons. The van der Waals surface area contributed by atoms with E-state index in [-0.39, 0.29) is 36.4 Å². The molecule has 0 bridgehead atoms. The lowest BCUT2D eigenvalue weighted by Crippen LogP contribution is -2.59. The van der Waals surface area contributed by atoms with Gasteiger partial charge in [-0.3, -0.25) is 9.78 Å². The summed E-state index contributed by atoms with van der Waals surface area (Å²) in [4.78, 5) is 35.7. The van der Waals surface area contributed by atoms with Crippen LogP contribution in [0.3, 0.4) is 0 Å². The Morgan fingerprint density at radius 2 is 1.70 bits per heavy atom. The number of nitrogens with zero attached hydrogens (tertiary/aromatic N) is 5. The van der Waals surface area contributed by atoms with E-state index in [0.29, 0.717) is 25.2 Å². The number of sulfonamides is 1. The standard InChI is InChI=1S/C37H50N6O6S/c1-26(2)23-42(50(48,49)31-16-14-29(15-17-31)22-39-47)25-33(44)32(20-28-10-8-7-9-11-28)40-35(45)34(37(4,5)6)43-19-18-41(36(43)46)24-30-13-12-27(3)38-21-30/h7-17,21-22,26,32-34,44,47H,18-20,23-25H2,1-6H3,(H,40,45)/t32-,33+,34+/m0/s1. The Labute approximate surface area is 295 Å². The van der Waals surface area contributed by atoms with Crippen LogP contribution in [0.15, 0.2) is 83.0 Å². The zero-order valence-electron chi connectivity index (χ0n) is 29.7. The molecule has 1 aliphatic rings. The molecule has 0 spiro atoms. The Morgan fingerprint density at radius 3 is 2.28 bits per heavy atom. The summed E-state index contributed by atoms with van der Waals surface area (Å²) in [5.74, 6) is -0.492. The molecule has 3 amide bonds. The zero-order valence-corrected chi connectivity index (χ0v) is 30.5. The first-order valence-corrected chi connectivity index (χ1v) is 18.3. The summed E-state index contributed by atoms with van der Waals surface area (Å²) in [6, 6.07) is 17.1. The maximum Gasteiger partial charge on any atom is 0.321 e. The van der Waals surface area contributed by atoms with Gasteiger partial charge in [-0.25, -0.2) is 13.2 Å². The van der Waals surface area contributed by atoms with Crippen LogP contribution in [0.4, 0.5) is 4.79 Å². The lowest BCUT2D eigenvalue weighted by Gasteiger charge is -2.38. The fourth-order valence-corrected chi connectivity index (χ4v) is 7.79. The molecule has 1 fully saturated rings. The number of hydrogen-bond donors (Lipinski definition) is 3. The van der Waals surface area contributed by atoms with Gasteiger partial charge in [-0.2, -0.15) is 4.31 Å². The molecule has 3 atom stereocenters. The van der Waals surface area contributed by atoms with Crippen molar-refractivity contribution in [1.29, 1.82) is 0 Å². The number of nitrogens with one attached hydrogen (secondary N) is 1. The smallest absolute Gasteiger partial charge is 0.321 e. The number of urea groups is 1. The zero-order chi connectivity index (χ0) is 36.6. The molecule has 0 aliphatic carbocycles. The van der Waals surface area contributed by atoms with Crippen molar-refractivity contribution >= 4 is 28.2 Å². The van der Waals surface area contributed by atoms with Gasteiger partial charge in [0.2, 0.25) is 15.9 Å². The number of aryl methyl sites for hydroxylation is 1. The van der Waals surface area contributed by atoms with Gasteiger partial charge in [-0.1, -0.05) is 88.3 Å². The summed E-state index contributed by atoms with van der Waals surface area (Å²) in [7, 11) is -4.06. The molecule has 3 N–H and O–H groups in total. The summed E-state index contributed by atoms with van der Waals surface area (Å²) in [5, 5.41) is 26.7. The second-order valence-corrected chi connectivity index (χ2v) is 16.3. The van der Waals surface area contributed by atoms with Crippen LogP contribution in [0.25, 0.3) is 0 Å². The molecule has 50 heavy (non-hydrogen) atoms. The highest BCUT2D eigenvalue weighted by atomic mass is 32.2. The molecule has 1 aromatic heterocycles. The molecule has 0 unspecified atom stereocenters. The van der Waals surface area contributed by atoms with Crippen molar-refractivity contribution in [2.24, 2.45) is 16.5 Å². The van der Waals surface area contributed by atoms with Gasteiger partial charge in [0, 0.05) is 44.6 Å². The molecule has 0 saturated carbocycles. The maximum atomic E-state index is 14.3. The predicted octanol–water partition coefficient (Wildman–Crippen LogP) is 4.29. The van der Waals surface area contributed by atoms with Gasteiger partial charge in [0.15, 0.2) is 0 Å². The van der Waals surface area contributed by atoms with Crippen LogP contribution in [-0.4, -0.2) is 100 Å². The van der Waals surface area contributed by atoms with Crippen molar-refractivity contribution in [3.05, 3.63) is 95.3 Å². The highest BCUT2D eigenvalue weighted by molar-refractivity contribution is 7.89. The average molecular weight is 707 g/mol. The molecular formula is C37H50N6O6S. The molecule has 270 valence electrons. The van der Waals surface area contributed by atoms with Crippen molar-refractivity contribution in [3.63, 3.8) is 0 Å². The minimum Gasteiger partial charge on any atom is -0.411 e. The number of amides is 3. The first-order valence-electron chi connectivity index (χ1n) is 16.9. The van der Waals surface area contributed by atoms with Crippen molar-refractivity contribution < 1.29 is 28.3 Å². The Balaban J connectivity index is 1.59. The highest BCUT2D eigenvalue weighted by Crippen LogP contribution is 2.29. The molecule has 12 nitrogen and oxygen atoms in total. The number of pyridine rings is 1. The number of carbonyl (C=O) groups excluding carboxylic acids is 2. The largest absolute Gasteiger partial charge is 0.411 e. The number of benzene rings is 2. The van der Waals surface area contributed by atoms with E-state index in [9.17, 15) is 23.1 Å². The molecule has 2 aromatic carbocycles. The molecule has 3 aromatic rings. The normalized spacial score (nSPS) is 16.0. The Morgan fingerprint density at radius 1 is 1.02 bits per heavy atom. The molecular weight excluding hydrogens is 657 g/mol. The second kappa shape index (κ2) is 16.6. The fraction of sp³-hybridized carbons (Fsp3) is 0.459. The lowest BCUT2D eigenvalue weighted by molar-refractivity contribution is -0.130. The number of aliphatic hydroxyl groups is 1. The topological polar surface area (TPSA) is 156 Å². The van der Waals surface area contributed by atoms with Crippen LogP contribution < -0.4 is 5.32 Å². The van der Waals surface area contributed by atoms with Crippen molar-refractivity contribution in [2.75, 3.05) is 26.2 Å². The number of hydrogen-bond acceptors (Lipinski definition) is 8. The number of oxime groups is 1. The van der Waals surface area contributed by atoms with E-state index in [4.69, 9.17) is 5.21 Å². The minimum atomic E-state index is -4.06. The van der Waals surface area contributed by atoms with E-state index in [1.54, 1.807) is 16.0 Å². The molecule has 4 rings (SSSR count). The fourth-order valence-electron chi connectivity index (χ4n) is 6.17. The van der Waals surface area contributed by atoms with E-state index in [1.807, 2.05) is 84.0 Å². The third-order valence-corrected chi connectivity index (χ3v) is 10.5. The van der Waals surface area contributed by atoms with Gasteiger partial charge in [0.05, 0.1) is 23.3 Å². The monoisotopic (exact) mass is 706 g/mol. The molecule has 2 heterocycles. The first kappa shape index (κ1) is 38.5. The van der Waals surface area contributed by atoms with Gasteiger partial charge < -0.3 is 25.4 Å². The van der Waals surface area contributed by atoms with E-state index < -0.39 is 39.5 Å². The number of aliphatic hydroxyl groups excluding tert-OH is 1. The van der Waals surface area contributed by atoms with Crippen LogP contribution in [0, 0.1) is 18.3 Å². The third kappa shape index (κ3) is 9.89. The second-order valence-electron chi connectivity index (χ2n) is 14.4. The van der Waals surface area contributed by atoms with E-state index in [0.717, 1.165) is 16.8 Å². The summed E-state index contributed by atoms with van der Waals surface area (Å²) in [5.41, 5.74) is 2.48.